The summed E-state index contributed by atoms with van der Waals surface area (Å²) in [6, 6.07) is 6.86. The first-order chi connectivity index (χ1) is 11.1. The summed E-state index contributed by atoms with van der Waals surface area (Å²) < 4.78 is 49.0. The number of piperidine rings is 1. The summed E-state index contributed by atoms with van der Waals surface area (Å²) >= 11 is 0. The van der Waals surface area contributed by atoms with Crippen LogP contribution >= 0.6 is 0 Å². The summed E-state index contributed by atoms with van der Waals surface area (Å²) in [7, 11) is -6.35. The van der Waals surface area contributed by atoms with Gasteiger partial charge in [0.15, 0.2) is 9.84 Å². The van der Waals surface area contributed by atoms with Crippen molar-refractivity contribution in [3.8, 4) is 0 Å². The largest absolute Gasteiger partial charge is 0.382 e. The SMILES string of the molecule is CC(C)CS(=O)(=O)N1CCC(Nc2ccc(S(C)(=O)=O)cc2)CC1. The lowest BCUT2D eigenvalue weighted by molar-refractivity contribution is 0.328. The van der Waals surface area contributed by atoms with Gasteiger partial charge < -0.3 is 5.32 Å². The Hall–Kier alpha value is -1.12. The number of benzene rings is 1. The molecule has 1 fully saturated rings. The Morgan fingerprint density at radius 3 is 2.08 bits per heavy atom. The molecule has 0 radical (unpaired) electrons. The molecular formula is C16H26N2O4S2. The van der Waals surface area contributed by atoms with Crippen LogP contribution in [-0.2, 0) is 19.9 Å². The highest BCUT2D eigenvalue weighted by atomic mass is 32.2. The number of nitrogens with zero attached hydrogens (tertiary/aromatic N) is 1. The van der Waals surface area contributed by atoms with E-state index in [2.05, 4.69) is 5.32 Å². The van der Waals surface area contributed by atoms with Crippen LogP contribution in [-0.4, -0.2) is 52.3 Å². The monoisotopic (exact) mass is 374 g/mol. The summed E-state index contributed by atoms with van der Waals surface area (Å²) in [6.45, 7) is 4.86. The number of sulfone groups is 1. The van der Waals surface area contributed by atoms with Gasteiger partial charge in [0.2, 0.25) is 10.0 Å². The molecule has 1 aromatic carbocycles. The first-order valence-corrected chi connectivity index (χ1v) is 11.6. The van der Waals surface area contributed by atoms with E-state index in [1.165, 1.54) is 6.26 Å². The molecule has 1 aromatic rings. The molecular weight excluding hydrogens is 348 g/mol. The Balaban J connectivity index is 1.91. The molecule has 1 heterocycles. The van der Waals surface area contributed by atoms with E-state index in [-0.39, 0.29) is 17.7 Å². The number of hydrogen-bond donors (Lipinski definition) is 1. The van der Waals surface area contributed by atoms with Crippen molar-refractivity contribution in [3.05, 3.63) is 24.3 Å². The molecule has 1 aliphatic rings. The second-order valence-electron chi connectivity index (χ2n) is 6.79. The molecule has 0 saturated carbocycles. The van der Waals surface area contributed by atoms with E-state index >= 15 is 0 Å². The lowest BCUT2D eigenvalue weighted by atomic mass is 10.1. The number of sulfonamides is 1. The number of hydrogen-bond acceptors (Lipinski definition) is 5. The highest BCUT2D eigenvalue weighted by Gasteiger charge is 2.28. The first-order valence-electron chi connectivity index (χ1n) is 8.12. The van der Waals surface area contributed by atoms with E-state index in [1.807, 2.05) is 13.8 Å². The van der Waals surface area contributed by atoms with Crippen LogP contribution in [0.25, 0.3) is 0 Å². The summed E-state index contributed by atoms with van der Waals surface area (Å²) in [5, 5.41) is 3.36. The molecule has 0 bridgehead atoms. The van der Waals surface area contributed by atoms with Crippen LogP contribution < -0.4 is 5.32 Å². The molecule has 8 heteroatoms. The van der Waals surface area contributed by atoms with Gasteiger partial charge in [-0.15, -0.1) is 0 Å². The molecule has 6 nitrogen and oxygen atoms in total. The fraction of sp³-hybridized carbons (Fsp3) is 0.625. The minimum absolute atomic E-state index is 0.124. The highest BCUT2D eigenvalue weighted by Crippen LogP contribution is 2.21. The average Bonchev–Trinajstić information content (AvgIpc) is 2.46. The van der Waals surface area contributed by atoms with Crippen LogP contribution in [0, 0.1) is 5.92 Å². The third kappa shape index (κ3) is 5.19. The van der Waals surface area contributed by atoms with Crippen LogP contribution in [0.4, 0.5) is 5.69 Å². The second kappa shape index (κ2) is 7.41. The maximum Gasteiger partial charge on any atom is 0.214 e. The number of anilines is 1. The van der Waals surface area contributed by atoms with Gasteiger partial charge in [0.05, 0.1) is 10.6 Å². The molecule has 1 saturated heterocycles. The van der Waals surface area contributed by atoms with Gasteiger partial charge in [-0.2, -0.15) is 0 Å². The maximum absolute atomic E-state index is 12.2. The van der Waals surface area contributed by atoms with Crippen molar-refractivity contribution in [3.63, 3.8) is 0 Å². The van der Waals surface area contributed by atoms with Crippen molar-refractivity contribution in [2.75, 3.05) is 30.4 Å². The molecule has 2 rings (SSSR count). The van der Waals surface area contributed by atoms with E-state index < -0.39 is 19.9 Å². The molecule has 1 N–H and O–H groups in total. The summed E-state index contributed by atoms with van der Waals surface area (Å²) in [6.07, 6.45) is 2.67. The first kappa shape index (κ1) is 19.2. The van der Waals surface area contributed by atoms with Gasteiger partial charge >= 0.3 is 0 Å². The van der Waals surface area contributed by atoms with Gasteiger partial charge in [0.1, 0.15) is 0 Å². The molecule has 0 amide bonds. The predicted octanol–water partition coefficient (Wildman–Crippen LogP) is 1.95. The van der Waals surface area contributed by atoms with Crippen LogP contribution in [0.3, 0.4) is 0 Å². The van der Waals surface area contributed by atoms with Crippen molar-refractivity contribution in [2.24, 2.45) is 5.92 Å². The van der Waals surface area contributed by atoms with Gasteiger partial charge in [-0.25, -0.2) is 21.1 Å². The minimum Gasteiger partial charge on any atom is -0.382 e. The molecule has 0 atom stereocenters. The Morgan fingerprint density at radius 1 is 1.08 bits per heavy atom. The van der Waals surface area contributed by atoms with Gasteiger partial charge in [0.25, 0.3) is 0 Å². The van der Waals surface area contributed by atoms with E-state index in [4.69, 9.17) is 0 Å². The van der Waals surface area contributed by atoms with Crippen LogP contribution in [0.2, 0.25) is 0 Å². The van der Waals surface area contributed by atoms with Crippen molar-refractivity contribution in [1.29, 1.82) is 0 Å². The fourth-order valence-corrected chi connectivity index (χ4v) is 5.29. The topological polar surface area (TPSA) is 83.6 Å². The average molecular weight is 375 g/mol. The van der Waals surface area contributed by atoms with Crippen molar-refractivity contribution < 1.29 is 16.8 Å². The normalized spacial score (nSPS) is 18.0. The Labute approximate surface area is 145 Å². The van der Waals surface area contributed by atoms with E-state index in [9.17, 15) is 16.8 Å². The zero-order valence-electron chi connectivity index (χ0n) is 14.4. The lowest BCUT2D eigenvalue weighted by Gasteiger charge is -2.32. The van der Waals surface area contributed by atoms with Crippen LogP contribution in [0.1, 0.15) is 26.7 Å². The lowest BCUT2D eigenvalue weighted by Crippen LogP contribution is -2.43. The Bertz CT molecular complexity index is 748. The Morgan fingerprint density at radius 2 is 1.62 bits per heavy atom. The van der Waals surface area contributed by atoms with Gasteiger partial charge in [-0.1, -0.05) is 13.8 Å². The summed E-state index contributed by atoms with van der Waals surface area (Å²) in [4.78, 5) is 0.294. The molecule has 0 unspecified atom stereocenters. The van der Waals surface area contributed by atoms with E-state index in [0.717, 1.165) is 18.5 Å². The standard InChI is InChI=1S/C16H26N2O4S2/c1-13(2)12-24(21,22)18-10-8-15(9-11-18)17-14-4-6-16(7-5-14)23(3,19)20/h4-7,13,15,17H,8-12H2,1-3H3. The van der Waals surface area contributed by atoms with Gasteiger partial charge in [-0.3, -0.25) is 0 Å². The van der Waals surface area contributed by atoms with Crippen molar-refractivity contribution >= 4 is 25.5 Å². The smallest absolute Gasteiger partial charge is 0.214 e. The zero-order valence-corrected chi connectivity index (χ0v) is 16.0. The number of rotatable bonds is 6. The summed E-state index contributed by atoms with van der Waals surface area (Å²) in [5.74, 6) is 0.317. The van der Waals surface area contributed by atoms with Crippen molar-refractivity contribution in [2.45, 2.75) is 37.6 Å². The van der Waals surface area contributed by atoms with Crippen molar-refractivity contribution in [1.82, 2.24) is 4.31 Å². The molecule has 0 aliphatic carbocycles. The molecule has 0 aromatic heterocycles. The molecule has 136 valence electrons. The third-order valence-electron chi connectivity index (χ3n) is 4.04. The molecule has 0 spiro atoms. The fourth-order valence-electron chi connectivity index (χ4n) is 2.84. The third-order valence-corrected chi connectivity index (χ3v) is 7.41. The minimum atomic E-state index is -3.19. The molecule has 24 heavy (non-hydrogen) atoms. The maximum atomic E-state index is 12.2. The van der Waals surface area contributed by atoms with Gasteiger partial charge in [-0.05, 0) is 43.0 Å². The van der Waals surface area contributed by atoms with E-state index in [0.29, 0.717) is 18.0 Å². The molecule has 1 aliphatic heterocycles. The quantitative estimate of drug-likeness (QED) is 0.823. The number of nitrogens with one attached hydrogen (secondary N) is 1. The second-order valence-corrected chi connectivity index (χ2v) is 10.8. The zero-order chi connectivity index (χ0) is 18.0. The van der Waals surface area contributed by atoms with E-state index in [1.54, 1.807) is 28.6 Å². The van der Waals surface area contributed by atoms with Crippen LogP contribution in [0.5, 0.6) is 0 Å². The van der Waals surface area contributed by atoms with Gasteiger partial charge in [0, 0.05) is 31.1 Å². The van der Waals surface area contributed by atoms with Crippen LogP contribution in [0.15, 0.2) is 29.2 Å². The predicted molar refractivity (Wildman–Crippen MR) is 96.4 cm³/mol. The summed E-state index contributed by atoms with van der Waals surface area (Å²) in [5.41, 5.74) is 0.853. The highest BCUT2D eigenvalue weighted by molar-refractivity contribution is 7.90. The Kier molecular flexibility index (Phi) is 5.93.